The molecule has 0 aliphatic rings. The molecule has 138 valence electrons. The number of esters is 1. The number of hydrogen-bond donors (Lipinski definition) is 1. The fourth-order valence-corrected chi connectivity index (χ4v) is 2.44. The third-order valence-electron chi connectivity index (χ3n) is 3.79. The zero-order valence-electron chi connectivity index (χ0n) is 14.5. The summed E-state index contributed by atoms with van der Waals surface area (Å²) in [6.45, 7) is 2.34. The molecule has 1 amide bonds. The van der Waals surface area contributed by atoms with Crippen molar-refractivity contribution in [3.8, 4) is 5.75 Å². The van der Waals surface area contributed by atoms with Crippen molar-refractivity contribution < 1.29 is 23.1 Å². The second kappa shape index (κ2) is 7.82. The van der Waals surface area contributed by atoms with Gasteiger partial charge in [0.1, 0.15) is 22.7 Å². The molecule has 0 saturated carbocycles. The largest absolute Gasteiger partial charge is 0.423 e. The first-order valence-electron chi connectivity index (χ1n) is 8.32. The molecule has 27 heavy (non-hydrogen) atoms. The highest BCUT2D eigenvalue weighted by Gasteiger charge is 2.16. The predicted molar refractivity (Wildman–Crippen MR) is 96.5 cm³/mol. The molecule has 0 aliphatic heterocycles. The number of ether oxygens (including phenoxy) is 1. The Morgan fingerprint density at radius 1 is 1.11 bits per heavy atom. The van der Waals surface area contributed by atoms with E-state index in [2.05, 4.69) is 5.32 Å². The van der Waals surface area contributed by atoms with Crippen molar-refractivity contribution in [3.63, 3.8) is 0 Å². The van der Waals surface area contributed by atoms with Gasteiger partial charge in [-0.15, -0.1) is 0 Å². The van der Waals surface area contributed by atoms with Crippen LogP contribution in [0.2, 0.25) is 0 Å². The summed E-state index contributed by atoms with van der Waals surface area (Å²) in [5, 5.41) is 3.10. The molecule has 0 bridgehead atoms. The van der Waals surface area contributed by atoms with E-state index < -0.39 is 23.3 Å². The van der Waals surface area contributed by atoms with Crippen molar-refractivity contribution in [2.24, 2.45) is 0 Å². The quantitative estimate of drug-likeness (QED) is 0.424. The Morgan fingerprint density at radius 2 is 1.89 bits per heavy atom. The number of halogens is 1. The molecule has 3 aromatic rings. The zero-order valence-corrected chi connectivity index (χ0v) is 14.5. The molecule has 0 saturated heterocycles. The van der Waals surface area contributed by atoms with Gasteiger partial charge >= 0.3 is 11.6 Å². The average Bonchev–Trinajstić information content (AvgIpc) is 2.65. The fourth-order valence-electron chi connectivity index (χ4n) is 2.44. The Hall–Kier alpha value is -3.48. The molecule has 1 N–H and O–H groups in total. The molecule has 0 spiro atoms. The number of benzene rings is 2. The predicted octanol–water partition coefficient (Wildman–Crippen LogP) is 3.29. The van der Waals surface area contributed by atoms with Gasteiger partial charge in [-0.25, -0.2) is 14.0 Å². The lowest BCUT2D eigenvalue weighted by Gasteiger charge is -2.07. The molecule has 3 rings (SSSR count). The molecule has 0 aliphatic carbocycles. The van der Waals surface area contributed by atoms with E-state index in [1.165, 1.54) is 36.4 Å². The van der Waals surface area contributed by atoms with Gasteiger partial charge in [0.05, 0.1) is 5.56 Å². The second-order valence-corrected chi connectivity index (χ2v) is 5.77. The van der Waals surface area contributed by atoms with Crippen LogP contribution in [0.4, 0.5) is 4.39 Å². The summed E-state index contributed by atoms with van der Waals surface area (Å²) < 4.78 is 24.0. The summed E-state index contributed by atoms with van der Waals surface area (Å²) in [6, 6.07) is 11.2. The number of fused-ring (bicyclic) bond motifs is 1. The van der Waals surface area contributed by atoms with E-state index in [9.17, 15) is 18.8 Å². The van der Waals surface area contributed by atoms with E-state index in [-0.39, 0.29) is 22.5 Å². The van der Waals surface area contributed by atoms with Gasteiger partial charge < -0.3 is 14.5 Å². The minimum atomic E-state index is -0.870. The van der Waals surface area contributed by atoms with E-state index in [4.69, 9.17) is 9.15 Å². The standard InChI is InChI=1S/C20H16FNO5/c1-2-9-22-18(23)15-10-12-7-8-13(11-17(12)27-20(15)25)26-19(24)14-5-3-4-6-16(14)21/h3-8,10-11H,2,9H2,1H3,(H,22,23). The first-order valence-corrected chi connectivity index (χ1v) is 8.32. The summed E-state index contributed by atoms with van der Waals surface area (Å²) >= 11 is 0. The molecule has 6 nitrogen and oxygen atoms in total. The van der Waals surface area contributed by atoms with Crippen LogP contribution in [-0.2, 0) is 0 Å². The third-order valence-corrected chi connectivity index (χ3v) is 3.79. The van der Waals surface area contributed by atoms with E-state index in [1.54, 1.807) is 6.07 Å². The van der Waals surface area contributed by atoms with Crippen LogP contribution in [0.15, 0.2) is 57.7 Å². The second-order valence-electron chi connectivity index (χ2n) is 5.77. The summed E-state index contributed by atoms with van der Waals surface area (Å²) in [5.74, 6) is -1.99. The Kier molecular flexibility index (Phi) is 5.30. The van der Waals surface area contributed by atoms with Crippen LogP contribution < -0.4 is 15.7 Å². The summed E-state index contributed by atoms with van der Waals surface area (Å²) in [6.07, 6.45) is 0.737. The van der Waals surface area contributed by atoms with Crippen LogP contribution in [-0.4, -0.2) is 18.4 Å². The summed E-state index contributed by atoms with van der Waals surface area (Å²) in [7, 11) is 0. The topological polar surface area (TPSA) is 85.6 Å². The van der Waals surface area contributed by atoms with Gasteiger partial charge in [-0.05, 0) is 36.8 Å². The Bertz CT molecular complexity index is 1070. The molecule has 0 atom stereocenters. The Morgan fingerprint density at radius 3 is 2.63 bits per heavy atom. The van der Waals surface area contributed by atoms with Crippen LogP contribution >= 0.6 is 0 Å². The van der Waals surface area contributed by atoms with Crippen molar-refractivity contribution in [3.05, 3.63) is 75.9 Å². The van der Waals surface area contributed by atoms with Gasteiger partial charge in [0, 0.05) is 18.0 Å². The molecule has 7 heteroatoms. The maximum atomic E-state index is 13.7. The molecule has 0 fully saturated rings. The van der Waals surface area contributed by atoms with Crippen LogP contribution in [0.3, 0.4) is 0 Å². The van der Waals surface area contributed by atoms with E-state index >= 15 is 0 Å². The zero-order chi connectivity index (χ0) is 19.4. The number of carbonyl (C=O) groups is 2. The van der Waals surface area contributed by atoms with Gasteiger partial charge in [0.15, 0.2) is 0 Å². The number of carbonyl (C=O) groups excluding carboxylic acids is 2. The lowest BCUT2D eigenvalue weighted by molar-refractivity contribution is 0.0730. The highest BCUT2D eigenvalue weighted by atomic mass is 19.1. The first kappa shape index (κ1) is 18.3. The number of amides is 1. The molecule has 1 heterocycles. The summed E-state index contributed by atoms with van der Waals surface area (Å²) in [4.78, 5) is 36.1. The maximum absolute atomic E-state index is 13.7. The van der Waals surface area contributed by atoms with Crippen molar-refractivity contribution in [1.82, 2.24) is 5.32 Å². The van der Waals surface area contributed by atoms with Crippen molar-refractivity contribution in [2.75, 3.05) is 6.54 Å². The van der Waals surface area contributed by atoms with Gasteiger partial charge in [-0.1, -0.05) is 19.1 Å². The minimum Gasteiger partial charge on any atom is -0.423 e. The Labute approximate surface area is 153 Å². The molecular formula is C20H16FNO5. The minimum absolute atomic E-state index is 0.0853. The first-order chi connectivity index (χ1) is 13.0. The highest BCUT2D eigenvalue weighted by Crippen LogP contribution is 2.22. The highest BCUT2D eigenvalue weighted by molar-refractivity contribution is 5.97. The lowest BCUT2D eigenvalue weighted by atomic mass is 10.1. The van der Waals surface area contributed by atoms with Gasteiger partial charge in [0.25, 0.3) is 5.91 Å². The van der Waals surface area contributed by atoms with E-state index in [0.29, 0.717) is 11.9 Å². The molecule has 1 aromatic heterocycles. The Balaban J connectivity index is 1.88. The molecule has 0 radical (unpaired) electrons. The molecule has 0 unspecified atom stereocenters. The van der Waals surface area contributed by atoms with E-state index in [0.717, 1.165) is 12.5 Å². The van der Waals surface area contributed by atoms with Crippen LogP contribution in [0.25, 0.3) is 11.0 Å². The van der Waals surface area contributed by atoms with Gasteiger partial charge in [0.2, 0.25) is 0 Å². The number of hydrogen-bond acceptors (Lipinski definition) is 5. The molecule has 2 aromatic carbocycles. The van der Waals surface area contributed by atoms with Gasteiger partial charge in [-0.3, -0.25) is 4.79 Å². The third kappa shape index (κ3) is 4.03. The maximum Gasteiger partial charge on any atom is 0.349 e. The van der Waals surface area contributed by atoms with Crippen molar-refractivity contribution in [2.45, 2.75) is 13.3 Å². The normalized spacial score (nSPS) is 10.6. The smallest absolute Gasteiger partial charge is 0.349 e. The van der Waals surface area contributed by atoms with Crippen molar-refractivity contribution in [1.29, 1.82) is 0 Å². The number of nitrogens with one attached hydrogen (secondary N) is 1. The fraction of sp³-hybridized carbons (Fsp3) is 0.150. The van der Waals surface area contributed by atoms with E-state index in [1.807, 2.05) is 6.92 Å². The monoisotopic (exact) mass is 369 g/mol. The molecular weight excluding hydrogens is 353 g/mol. The number of rotatable bonds is 5. The SMILES string of the molecule is CCCNC(=O)c1cc2ccc(OC(=O)c3ccccc3F)cc2oc1=O. The van der Waals surface area contributed by atoms with Crippen LogP contribution in [0.1, 0.15) is 34.1 Å². The van der Waals surface area contributed by atoms with Crippen molar-refractivity contribution >= 4 is 22.8 Å². The van der Waals surface area contributed by atoms with Gasteiger partial charge in [-0.2, -0.15) is 0 Å². The van der Waals surface area contributed by atoms with Crippen LogP contribution in [0, 0.1) is 5.82 Å². The van der Waals surface area contributed by atoms with Crippen LogP contribution in [0.5, 0.6) is 5.75 Å². The summed E-state index contributed by atoms with van der Waals surface area (Å²) in [5.41, 5.74) is -0.964. The average molecular weight is 369 g/mol. The lowest BCUT2D eigenvalue weighted by Crippen LogP contribution is -2.28.